The van der Waals surface area contributed by atoms with E-state index < -0.39 is 42.2 Å². The fourth-order valence-corrected chi connectivity index (χ4v) is 3.53. The van der Waals surface area contributed by atoms with E-state index in [1.165, 1.54) is 54.0 Å². The average Bonchev–Trinajstić information content (AvgIpc) is 2.84. The van der Waals surface area contributed by atoms with Crippen molar-refractivity contribution in [2.75, 3.05) is 20.8 Å². The van der Waals surface area contributed by atoms with Gasteiger partial charge in [-0.3, -0.25) is 19.2 Å². The second-order valence-corrected chi connectivity index (χ2v) is 8.15. The standard InChI is InChI=1S/C27H32O11/c1-15(35-17(3)29)20-8-10-23(24(12-20)32-6)38-26(14-34-16(2)28)27(37-19(5)31)21-9-11-22(36-18(4)30)25(13-21)33-7/h8-13,15,26-27H,14H2,1-7H3/t15?,26-,27-/m1/s1. The van der Waals surface area contributed by atoms with Gasteiger partial charge in [-0.05, 0) is 36.8 Å². The predicted molar refractivity (Wildman–Crippen MR) is 133 cm³/mol. The molecule has 0 aliphatic rings. The first-order valence-corrected chi connectivity index (χ1v) is 11.6. The second-order valence-electron chi connectivity index (χ2n) is 8.15. The monoisotopic (exact) mass is 532 g/mol. The maximum atomic E-state index is 12.1. The summed E-state index contributed by atoms with van der Waals surface area (Å²) in [6.45, 7) is 6.46. The number of methoxy groups -OCH3 is 2. The average molecular weight is 533 g/mol. The third-order valence-corrected chi connectivity index (χ3v) is 5.13. The summed E-state index contributed by atoms with van der Waals surface area (Å²) in [5.41, 5.74) is 1.08. The molecule has 0 heterocycles. The lowest BCUT2D eigenvalue weighted by Gasteiger charge is -2.28. The van der Waals surface area contributed by atoms with E-state index in [4.69, 9.17) is 33.2 Å². The zero-order valence-corrected chi connectivity index (χ0v) is 22.4. The molecule has 3 atom stereocenters. The number of hydrogen-bond acceptors (Lipinski definition) is 11. The van der Waals surface area contributed by atoms with E-state index in [1.807, 2.05) is 0 Å². The zero-order valence-electron chi connectivity index (χ0n) is 22.4. The van der Waals surface area contributed by atoms with Gasteiger partial charge in [-0.2, -0.15) is 0 Å². The van der Waals surface area contributed by atoms with Crippen LogP contribution in [0.15, 0.2) is 36.4 Å². The highest BCUT2D eigenvalue weighted by molar-refractivity contribution is 5.70. The molecule has 0 N–H and O–H groups in total. The van der Waals surface area contributed by atoms with E-state index >= 15 is 0 Å². The van der Waals surface area contributed by atoms with E-state index in [-0.39, 0.29) is 23.9 Å². The molecule has 2 rings (SSSR count). The largest absolute Gasteiger partial charge is 0.493 e. The molecule has 11 nitrogen and oxygen atoms in total. The number of esters is 4. The minimum absolute atomic E-state index is 0.168. The molecule has 0 saturated carbocycles. The Morgan fingerprint density at radius 2 is 1.24 bits per heavy atom. The minimum Gasteiger partial charge on any atom is -0.493 e. The van der Waals surface area contributed by atoms with Crippen molar-refractivity contribution in [1.29, 1.82) is 0 Å². The summed E-state index contributed by atoms with van der Waals surface area (Å²) in [7, 11) is 2.83. The van der Waals surface area contributed by atoms with Crippen molar-refractivity contribution < 1.29 is 52.3 Å². The Hall–Kier alpha value is -4.28. The summed E-state index contributed by atoms with van der Waals surface area (Å²) >= 11 is 0. The van der Waals surface area contributed by atoms with Gasteiger partial charge in [0.1, 0.15) is 12.7 Å². The number of rotatable bonds is 12. The van der Waals surface area contributed by atoms with Crippen molar-refractivity contribution in [2.24, 2.45) is 0 Å². The molecule has 0 fully saturated rings. The summed E-state index contributed by atoms with van der Waals surface area (Å²) in [6, 6.07) is 9.51. The molecule has 2 aromatic carbocycles. The second kappa shape index (κ2) is 13.9. The molecule has 0 aromatic heterocycles. The zero-order chi connectivity index (χ0) is 28.4. The van der Waals surface area contributed by atoms with Gasteiger partial charge in [-0.25, -0.2) is 0 Å². The van der Waals surface area contributed by atoms with Crippen molar-refractivity contribution in [3.63, 3.8) is 0 Å². The van der Waals surface area contributed by atoms with Crippen LogP contribution < -0.4 is 18.9 Å². The smallest absolute Gasteiger partial charge is 0.308 e. The van der Waals surface area contributed by atoms with Crippen molar-refractivity contribution in [1.82, 2.24) is 0 Å². The van der Waals surface area contributed by atoms with Crippen LogP contribution in [0.2, 0.25) is 0 Å². The van der Waals surface area contributed by atoms with E-state index in [2.05, 4.69) is 0 Å². The van der Waals surface area contributed by atoms with Crippen molar-refractivity contribution in [2.45, 2.75) is 52.9 Å². The molecule has 0 amide bonds. The predicted octanol–water partition coefficient (Wildman–Crippen LogP) is 3.87. The summed E-state index contributed by atoms with van der Waals surface area (Å²) in [4.78, 5) is 46.5. The lowest BCUT2D eigenvalue weighted by atomic mass is 10.0. The van der Waals surface area contributed by atoms with Gasteiger partial charge in [-0.1, -0.05) is 12.1 Å². The molecule has 2 aromatic rings. The van der Waals surface area contributed by atoms with Crippen LogP contribution in [0.4, 0.5) is 0 Å². The Morgan fingerprint density at radius 3 is 1.79 bits per heavy atom. The molecule has 0 bridgehead atoms. The molecule has 11 heteroatoms. The highest BCUT2D eigenvalue weighted by Gasteiger charge is 2.31. The van der Waals surface area contributed by atoms with Gasteiger partial charge < -0.3 is 33.2 Å². The van der Waals surface area contributed by atoms with Gasteiger partial charge in [0.05, 0.1) is 14.2 Å². The van der Waals surface area contributed by atoms with Crippen molar-refractivity contribution in [3.05, 3.63) is 47.5 Å². The van der Waals surface area contributed by atoms with Crippen LogP contribution in [-0.4, -0.2) is 50.8 Å². The maximum absolute atomic E-state index is 12.1. The molecular formula is C27H32O11. The Labute approximate surface area is 220 Å². The first-order valence-electron chi connectivity index (χ1n) is 11.6. The van der Waals surface area contributed by atoms with Gasteiger partial charge in [-0.15, -0.1) is 0 Å². The lowest BCUT2D eigenvalue weighted by molar-refractivity contribution is -0.157. The molecule has 0 aliphatic carbocycles. The fraction of sp³-hybridized carbons (Fsp3) is 0.407. The van der Waals surface area contributed by atoms with Crippen LogP contribution in [0.5, 0.6) is 23.0 Å². The third-order valence-electron chi connectivity index (χ3n) is 5.13. The highest BCUT2D eigenvalue weighted by Crippen LogP contribution is 2.37. The van der Waals surface area contributed by atoms with E-state index in [9.17, 15) is 19.2 Å². The summed E-state index contributed by atoms with van der Waals surface area (Å²) in [5, 5.41) is 0. The number of hydrogen-bond donors (Lipinski definition) is 0. The van der Waals surface area contributed by atoms with Crippen LogP contribution in [0, 0.1) is 0 Å². The van der Waals surface area contributed by atoms with E-state index in [0.29, 0.717) is 16.9 Å². The molecule has 0 spiro atoms. The lowest BCUT2D eigenvalue weighted by Crippen LogP contribution is -2.34. The molecule has 38 heavy (non-hydrogen) atoms. The van der Waals surface area contributed by atoms with Crippen molar-refractivity contribution in [3.8, 4) is 23.0 Å². The van der Waals surface area contributed by atoms with Crippen LogP contribution in [0.3, 0.4) is 0 Å². The van der Waals surface area contributed by atoms with E-state index in [1.54, 1.807) is 31.2 Å². The number of carbonyl (C=O) groups excluding carboxylic acids is 4. The molecule has 206 valence electrons. The quantitative estimate of drug-likeness (QED) is 0.224. The summed E-state index contributed by atoms with van der Waals surface area (Å²) < 4.78 is 38.2. The summed E-state index contributed by atoms with van der Waals surface area (Å²) in [5.74, 6) is -1.22. The van der Waals surface area contributed by atoms with Crippen LogP contribution in [0.1, 0.15) is 58.0 Å². The SMILES string of the molecule is COc1cc([C@@H](OC(C)=O)[C@@H](COC(C)=O)Oc2ccc(C(C)OC(C)=O)cc2OC)ccc1OC(C)=O. The Kier molecular flexibility index (Phi) is 10.9. The first kappa shape index (κ1) is 29.9. The van der Waals surface area contributed by atoms with Crippen molar-refractivity contribution >= 4 is 23.9 Å². The Bertz CT molecular complexity index is 1160. The summed E-state index contributed by atoms with van der Waals surface area (Å²) in [6.07, 6.45) is -2.64. The molecule has 0 saturated heterocycles. The molecule has 0 aliphatic heterocycles. The van der Waals surface area contributed by atoms with Gasteiger partial charge >= 0.3 is 23.9 Å². The Morgan fingerprint density at radius 1 is 0.684 bits per heavy atom. The van der Waals surface area contributed by atoms with Crippen LogP contribution in [-0.2, 0) is 33.4 Å². The van der Waals surface area contributed by atoms with Crippen LogP contribution >= 0.6 is 0 Å². The molecule has 0 radical (unpaired) electrons. The highest BCUT2D eigenvalue weighted by atomic mass is 16.6. The minimum atomic E-state index is -1.07. The first-order chi connectivity index (χ1) is 17.9. The number of benzene rings is 2. The maximum Gasteiger partial charge on any atom is 0.308 e. The van der Waals surface area contributed by atoms with Gasteiger partial charge in [0, 0.05) is 33.3 Å². The Balaban J connectivity index is 2.51. The molecular weight excluding hydrogens is 500 g/mol. The van der Waals surface area contributed by atoms with Gasteiger partial charge in [0.25, 0.3) is 0 Å². The normalized spacial score (nSPS) is 12.8. The topological polar surface area (TPSA) is 133 Å². The molecule has 1 unspecified atom stereocenters. The van der Waals surface area contributed by atoms with Gasteiger partial charge in [0.2, 0.25) is 0 Å². The van der Waals surface area contributed by atoms with Crippen LogP contribution in [0.25, 0.3) is 0 Å². The third kappa shape index (κ3) is 8.68. The number of carbonyl (C=O) groups is 4. The number of ether oxygens (including phenoxy) is 7. The van der Waals surface area contributed by atoms with E-state index in [0.717, 1.165) is 0 Å². The van der Waals surface area contributed by atoms with Gasteiger partial charge in [0.15, 0.2) is 35.2 Å². The fourth-order valence-electron chi connectivity index (χ4n) is 3.53.